The number of imide groups is 1. The first-order chi connectivity index (χ1) is 5.07. The van der Waals surface area contributed by atoms with Crippen LogP contribution >= 0.6 is 0 Å². The number of amides is 2. The van der Waals surface area contributed by atoms with Crippen molar-refractivity contribution >= 4 is 11.8 Å². The summed E-state index contributed by atoms with van der Waals surface area (Å²) < 4.78 is 0. The highest BCUT2D eigenvalue weighted by molar-refractivity contribution is 6.03. The summed E-state index contributed by atoms with van der Waals surface area (Å²) in [6, 6.07) is 0. The first kappa shape index (κ1) is 9.88. The van der Waals surface area contributed by atoms with Crippen LogP contribution in [0.4, 0.5) is 0 Å². The Morgan fingerprint density at radius 2 is 2.00 bits per heavy atom. The lowest BCUT2D eigenvalue weighted by atomic mass is 10.3. The maximum Gasteiger partial charge on any atom is 0.252 e. The van der Waals surface area contributed by atoms with Gasteiger partial charge in [-0.1, -0.05) is 13.5 Å². The Hall–Kier alpha value is -1.12. The molecule has 0 bridgehead atoms. The highest BCUT2D eigenvalue weighted by atomic mass is 16.2. The van der Waals surface area contributed by atoms with Crippen molar-refractivity contribution in [1.82, 2.24) is 5.32 Å². The van der Waals surface area contributed by atoms with Crippen molar-refractivity contribution in [2.24, 2.45) is 0 Å². The normalized spacial score (nSPS) is 8.91. The molecule has 0 heterocycles. The van der Waals surface area contributed by atoms with Crippen molar-refractivity contribution < 1.29 is 9.59 Å². The van der Waals surface area contributed by atoms with Crippen LogP contribution in [0.1, 0.15) is 26.7 Å². The molecular weight excluding hydrogens is 142 g/mol. The van der Waals surface area contributed by atoms with Crippen LogP contribution in [-0.2, 0) is 9.59 Å². The molecule has 0 aromatic carbocycles. The molecule has 0 atom stereocenters. The van der Waals surface area contributed by atoms with Gasteiger partial charge in [-0.15, -0.1) is 0 Å². The Morgan fingerprint density at radius 3 is 2.36 bits per heavy atom. The quantitative estimate of drug-likeness (QED) is 0.618. The number of carbonyl (C=O) groups excluding carboxylic acids is 2. The number of hydrogen-bond acceptors (Lipinski definition) is 2. The van der Waals surface area contributed by atoms with Gasteiger partial charge in [0.05, 0.1) is 0 Å². The molecule has 0 spiro atoms. The molecule has 0 unspecified atom stereocenters. The molecule has 3 nitrogen and oxygen atoms in total. The van der Waals surface area contributed by atoms with E-state index in [0.29, 0.717) is 12.0 Å². The SMILES string of the molecule is C=C(C)C(=O)NC(=O)CCC. The Labute approximate surface area is 66.5 Å². The maximum absolute atomic E-state index is 10.8. The van der Waals surface area contributed by atoms with Gasteiger partial charge in [-0.3, -0.25) is 14.9 Å². The Morgan fingerprint density at radius 1 is 1.45 bits per heavy atom. The smallest absolute Gasteiger partial charge is 0.252 e. The van der Waals surface area contributed by atoms with Crippen molar-refractivity contribution in [2.75, 3.05) is 0 Å². The van der Waals surface area contributed by atoms with Gasteiger partial charge in [0.1, 0.15) is 0 Å². The minimum atomic E-state index is -0.386. The van der Waals surface area contributed by atoms with Crippen LogP contribution in [0.15, 0.2) is 12.2 Å². The van der Waals surface area contributed by atoms with Gasteiger partial charge in [0.2, 0.25) is 5.91 Å². The molecule has 0 aliphatic rings. The van der Waals surface area contributed by atoms with Crippen molar-refractivity contribution in [3.05, 3.63) is 12.2 Å². The van der Waals surface area contributed by atoms with Gasteiger partial charge < -0.3 is 0 Å². The number of nitrogens with one attached hydrogen (secondary N) is 1. The summed E-state index contributed by atoms with van der Waals surface area (Å²) in [5.41, 5.74) is 0.356. The molecule has 0 radical (unpaired) electrons. The molecule has 0 rings (SSSR count). The van der Waals surface area contributed by atoms with Gasteiger partial charge in [0.25, 0.3) is 5.91 Å². The number of carbonyl (C=O) groups is 2. The second kappa shape index (κ2) is 4.66. The average Bonchev–Trinajstić information content (AvgIpc) is 1.87. The van der Waals surface area contributed by atoms with E-state index in [1.54, 1.807) is 6.92 Å². The predicted octanol–water partition coefficient (Wildman–Crippen LogP) is 1.01. The summed E-state index contributed by atoms with van der Waals surface area (Å²) in [5.74, 6) is -0.621. The predicted molar refractivity (Wildman–Crippen MR) is 42.9 cm³/mol. The molecule has 0 aliphatic heterocycles. The lowest BCUT2D eigenvalue weighted by molar-refractivity contribution is -0.128. The van der Waals surface area contributed by atoms with Gasteiger partial charge in [-0.2, -0.15) is 0 Å². The fraction of sp³-hybridized carbons (Fsp3) is 0.500. The van der Waals surface area contributed by atoms with Crippen LogP contribution in [0.3, 0.4) is 0 Å². The molecular formula is C8H13NO2. The summed E-state index contributed by atoms with van der Waals surface area (Å²) in [6.45, 7) is 6.85. The van der Waals surface area contributed by atoms with E-state index in [2.05, 4.69) is 11.9 Å². The third-order valence-corrected chi connectivity index (χ3v) is 1.12. The van der Waals surface area contributed by atoms with E-state index in [-0.39, 0.29) is 11.8 Å². The van der Waals surface area contributed by atoms with Gasteiger partial charge in [-0.05, 0) is 13.3 Å². The van der Waals surface area contributed by atoms with Gasteiger partial charge in [0, 0.05) is 12.0 Å². The summed E-state index contributed by atoms with van der Waals surface area (Å²) in [5, 5.41) is 2.20. The Balaban J connectivity index is 3.76. The molecule has 11 heavy (non-hydrogen) atoms. The van der Waals surface area contributed by atoms with Crippen LogP contribution in [0.5, 0.6) is 0 Å². The average molecular weight is 155 g/mol. The monoisotopic (exact) mass is 155 g/mol. The Bertz CT molecular complexity index is 185. The molecule has 0 aromatic rings. The molecule has 0 saturated carbocycles. The fourth-order valence-electron chi connectivity index (χ4n) is 0.523. The van der Waals surface area contributed by atoms with Crippen molar-refractivity contribution in [3.63, 3.8) is 0 Å². The van der Waals surface area contributed by atoms with Gasteiger partial charge in [0.15, 0.2) is 0 Å². The lowest BCUT2D eigenvalue weighted by Gasteiger charge is -2.00. The van der Waals surface area contributed by atoms with E-state index in [4.69, 9.17) is 0 Å². The summed E-state index contributed by atoms with van der Waals surface area (Å²) in [6.07, 6.45) is 1.13. The minimum absolute atomic E-state index is 0.236. The van der Waals surface area contributed by atoms with Crippen molar-refractivity contribution in [1.29, 1.82) is 0 Å². The number of rotatable bonds is 3. The molecule has 2 amide bonds. The van der Waals surface area contributed by atoms with E-state index in [1.807, 2.05) is 6.92 Å². The first-order valence-corrected chi connectivity index (χ1v) is 3.57. The van der Waals surface area contributed by atoms with Gasteiger partial charge >= 0.3 is 0 Å². The minimum Gasteiger partial charge on any atom is -0.293 e. The molecule has 0 fully saturated rings. The van der Waals surface area contributed by atoms with E-state index in [1.165, 1.54) is 0 Å². The van der Waals surface area contributed by atoms with E-state index >= 15 is 0 Å². The second-order valence-electron chi connectivity index (χ2n) is 2.41. The van der Waals surface area contributed by atoms with Gasteiger partial charge in [-0.25, -0.2) is 0 Å². The van der Waals surface area contributed by atoms with Crippen molar-refractivity contribution in [3.8, 4) is 0 Å². The third-order valence-electron chi connectivity index (χ3n) is 1.12. The van der Waals surface area contributed by atoms with Crippen LogP contribution < -0.4 is 5.32 Å². The van der Waals surface area contributed by atoms with E-state index in [9.17, 15) is 9.59 Å². The van der Waals surface area contributed by atoms with Crippen LogP contribution in [0, 0.1) is 0 Å². The summed E-state index contributed by atoms with van der Waals surface area (Å²) in [7, 11) is 0. The van der Waals surface area contributed by atoms with E-state index in [0.717, 1.165) is 6.42 Å². The van der Waals surface area contributed by atoms with Crippen LogP contribution in [-0.4, -0.2) is 11.8 Å². The molecule has 1 N–H and O–H groups in total. The topological polar surface area (TPSA) is 46.2 Å². The zero-order valence-corrected chi connectivity index (χ0v) is 6.94. The summed E-state index contributed by atoms with van der Waals surface area (Å²) >= 11 is 0. The molecule has 3 heteroatoms. The summed E-state index contributed by atoms with van der Waals surface area (Å²) in [4.78, 5) is 21.6. The molecule has 62 valence electrons. The molecule has 0 saturated heterocycles. The molecule has 0 aromatic heterocycles. The van der Waals surface area contributed by atoms with Crippen molar-refractivity contribution in [2.45, 2.75) is 26.7 Å². The Kier molecular flexibility index (Phi) is 4.18. The van der Waals surface area contributed by atoms with Crippen LogP contribution in [0.25, 0.3) is 0 Å². The standard InChI is InChI=1S/C8H13NO2/c1-4-5-7(10)9-8(11)6(2)3/h2,4-5H2,1,3H3,(H,9,10,11). The second-order valence-corrected chi connectivity index (χ2v) is 2.41. The zero-order chi connectivity index (χ0) is 8.85. The zero-order valence-electron chi connectivity index (χ0n) is 6.94. The highest BCUT2D eigenvalue weighted by Gasteiger charge is 2.05. The van der Waals surface area contributed by atoms with E-state index < -0.39 is 0 Å². The largest absolute Gasteiger partial charge is 0.293 e. The number of hydrogen-bond donors (Lipinski definition) is 1. The third kappa shape index (κ3) is 4.31. The first-order valence-electron chi connectivity index (χ1n) is 3.57. The maximum atomic E-state index is 10.8. The fourth-order valence-corrected chi connectivity index (χ4v) is 0.523. The molecule has 0 aliphatic carbocycles. The van der Waals surface area contributed by atoms with Crippen LogP contribution in [0.2, 0.25) is 0 Å². The lowest BCUT2D eigenvalue weighted by Crippen LogP contribution is -2.30. The highest BCUT2D eigenvalue weighted by Crippen LogP contribution is 1.89.